The Morgan fingerprint density at radius 2 is 1.83 bits per heavy atom. The largest absolute Gasteiger partial charge is 0.396 e. The Balaban J connectivity index is 1.88. The Labute approximate surface area is 114 Å². The standard InChI is InChI=1S/C15H22ClNO/c16-14-7-5-13(6-8-14)15(9-4-10-15)17-11-2-1-3-12-18/h5-8,17-18H,1-4,9-12H2. The van der Waals surface area contributed by atoms with Gasteiger partial charge in [0.15, 0.2) is 0 Å². The van der Waals surface area contributed by atoms with Crippen LogP contribution in [0.15, 0.2) is 24.3 Å². The van der Waals surface area contributed by atoms with Gasteiger partial charge in [0.1, 0.15) is 0 Å². The van der Waals surface area contributed by atoms with Crippen molar-refractivity contribution in [3.8, 4) is 0 Å². The maximum absolute atomic E-state index is 8.75. The third kappa shape index (κ3) is 3.25. The zero-order valence-corrected chi connectivity index (χ0v) is 11.5. The highest BCUT2D eigenvalue weighted by Crippen LogP contribution is 2.41. The fourth-order valence-electron chi connectivity index (χ4n) is 2.61. The molecule has 1 aliphatic carbocycles. The summed E-state index contributed by atoms with van der Waals surface area (Å²) in [5.41, 5.74) is 1.55. The molecular weight excluding hydrogens is 246 g/mol. The molecule has 100 valence electrons. The van der Waals surface area contributed by atoms with Gasteiger partial charge >= 0.3 is 0 Å². The number of rotatable bonds is 7. The van der Waals surface area contributed by atoms with Gasteiger partial charge in [-0.1, -0.05) is 23.7 Å². The van der Waals surface area contributed by atoms with E-state index in [1.165, 1.54) is 24.8 Å². The van der Waals surface area contributed by atoms with E-state index in [0.29, 0.717) is 6.61 Å². The van der Waals surface area contributed by atoms with Gasteiger partial charge in [-0.15, -0.1) is 0 Å². The predicted octanol–water partition coefficient (Wildman–Crippen LogP) is 3.47. The SMILES string of the molecule is OCCCCCNC1(c2ccc(Cl)cc2)CCC1. The lowest BCUT2D eigenvalue weighted by molar-refractivity contribution is 0.184. The van der Waals surface area contributed by atoms with Crippen molar-refractivity contribution >= 4 is 11.6 Å². The van der Waals surface area contributed by atoms with E-state index in [0.717, 1.165) is 30.8 Å². The minimum Gasteiger partial charge on any atom is -0.396 e. The van der Waals surface area contributed by atoms with E-state index >= 15 is 0 Å². The van der Waals surface area contributed by atoms with E-state index in [-0.39, 0.29) is 5.54 Å². The van der Waals surface area contributed by atoms with Crippen molar-refractivity contribution in [1.82, 2.24) is 5.32 Å². The summed E-state index contributed by atoms with van der Waals surface area (Å²) in [5, 5.41) is 13.3. The molecule has 0 spiro atoms. The van der Waals surface area contributed by atoms with Crippen molar-refractivity contribution in [3.05, 3.63) is 34.9 Å². The van der Waals surface area contributed by atoms with E-state index in [1.807, 2.05) is 12.1 Å². The van der Waals surface area contributed by atoms with Crippen LogP contribution in [-0.2, 0) is 5.54 Å². The number of unbranched alkanes of at least 4 members (excludes halogenated alkanes) is 2. The molecule has 1 fully saturated rings. The molecule has 0 amide bonds. The fraction of sp³-hybridized carbons (Fsp3) is 0.600. The number of halogens is 1. The summed E-state index contributed by atoms with van der Waals surface area (Å²) >= 11 is 5.94. The van der Waals surface area contributed by atoms with Gasteiger partial charge < -0.3 is 10.4 Å². The number of aliphatic hydroxyl groups excluding tert-OH is 1. The van der Waals surface area contributed by atoms with Crippen molar-refractivity contribution in [3.63, 3.8) is 0 Å². The van der Waals surface area contributed by atoms with Gasteiger partial charge in [0, 0.05) is 17.2 Å². The molecule has 1 aromatic rings. The van der Waals surface area contributed by atoms with Gasteiger partial charge in [0.25, 0.3) is 0 Å². The zero-order chi connectivity index (χ0) is 12.8. The summed E-state index contributed by atoms with van der Waals surface area (Å²) in [6.07, 6.45) is 6.88. The molecule has 18 heavy (non-hydrogen) atoms. The smallest absolute Gasteiger partial charge is 0.0434 e. The molecule has 2 N–H and O–H groups in total. The highest BCUT2D eigenvalue weighted by molar-refractivity contribution is 6.30. The number of benzene rings is 1. The van der Waals surface area contributed by atoms with Gasteiger partial charge in [-0.25, -0.2) is 0 Å². The van der Waals surface area contributed by atoms with Crippen LogP contribution in [0.3, 0.4) is 0 Å². The van der Waals surface area contributed by atoms with Crippen LogP contribution in [-0.4, -0.2) is 18.3 Å². The van der Waals surface area contributed by atoms with Gasteiger partial charge in [-0.05, 0) is 62.8 Å². The number of nitrogens with one attached hydrogen (secondary N) is 1. The van der Waals surface area contributed by atoms with Crippen LogP contribution in [0.5, 0.6) is 0 Å². The molecule has 1 saturated carbocycles. The van der Waals surface area contributed by atoms with Crippen LogP contribution in [0.1, 0.15) is 44.1 Å². The van der Waals surface area contributed by atoms with Crippen LogP contribution in [0.25, 0.3) is 0 Å². The van der Waals surface area contributed by atoms with Gasteiger partial charge in [-0.2, -0.15) is 0 Å². The molecule has 3 heteroatoms. The summed E-state index contributed by atoms with van der Waals surface area (Å²) in [7, 11) is 0. The molecule has 0 unspecified atom stereocenters. The Bertz CT molecular complexity index is 359. The lowest BCUT2D eigenvalue weighted by Crippen LogP contribution is -2.48. The first-order chi connectivity index (χ1) is 8.77. The van der Waals surface area contributed by atoms with Crippen molar-refractivity contribution in [2.45, 2.75) is 44.1 Å². The number of hydrogen-bond donors (Lipinski definition) is 2. The Kier molecular flexibility index (Phi) is 5.04. The van der Waals surface area contributed by atoms with Gasteiger partial charge in [0.05, 0.1) is 0 Å². The topological polar surface area (TPSA) is 32.3 Å². The van der Waals surface area contributed by atoms with E-state index in [4.69, 9.17) is 16.7 Å². The van der Waals surface area contributed by atoms with Crippen LogP contribution in [0.4, 0.5) is 0 Å². The lowest BCUT2D eigenvalue weighted by atomic mass is 9.72. The van der Waals surface area contributed by atoms with Crippen molar-refractivity contribution < 1.29 is 5.11 Å². The summed E-state index contributed by atoms with van der Waals surface area (Å²) in [5.74, 6) is 0. The molecule has 0 aromatic heterocycles. The van der Waals surface area contributed by atoms with E-state index < -0.39 is 0 Å². The first-order valence-corrected chi connectivity index (χ1v) is 7.27. The fourth-order valence-corrected chi connectivity index (χ4v) is 2.73. The second kappa shape index (κ2) is 6.55. The molecule has 1 aliphatic rings. The van der Waals surface area contributed by atoms with Crippen LogP contribution in [0.2, 0.25) is 5.02 Å². The molecule has 1 aromatic carbocycles. The third-order valence-electron chi connectivity index (χ3n) is 3.90. The highest BCUT2D eigenvalue weighted by atomic mass is 35.5. The van der Waals surface area contributed by atoms with Crippen LogP contribution in [0, 0.1) is 0 Å². The molecule has 0 saturated heterocycles. The predicted molar refractivity (Wildman–Crippen MR) is 75.9 cm³/mol. The zero-order valence-electron chi connectivity index (χ0n) is 10.8. The number of hydrogen-bond acceptors (Lipinski definition) is 2. The first-order valence-electron chi connectivity index (χ1n) is 6.89. The van der Waals surface area contributed by atoms with Crippen LogP contribution < -0.4 is 5.32 Å². The third-order valence-corrected chi connectivity index (χ3v) is 4.15. The van der Waals surface area contributed by atoms with Crippen molar-refractivity contribution in [1.29, 1.82) is 0 Å². The van der Waals surface area contributed by atoms with Crippen molar-refractivity contribution in [2.75, 3.05) is 13.2 Å². The van der Waals surface area contributed by atoms with E-state index in [1.54, 1.807) is 0 Å². The van der Waals surface area contributed by atoms with Gasteiger partial charge in [0.2, 0.25) is 0 Å². The molecular formula is C15H22ClNO. The Hall–Kier alpha value is -0.570. The summed E-state index contributed by atoms with van der Waals surface area (Å²) in [4.78, 5) is 0. The molecule has 0 aliphatic heterocycles. The normalized spacial score (nSPS) is 17.4. The molecule has 2 rings (SSSR count). The Morgan fingerprint density at radius 3 is 2.39 bits per heavy atom. The van der Waals surface area contributed by atoms with E-state index in [9.17, 15) is 0 Å². The molecule has 0 atom stereocenters. The average molecular weight is 268 g/mol. The van der Waals surface area contributed by atoms with Gasteiger partial charge in [-0.3, -0.25) is 0 Å². The minimum atomic E-state index is 0.184. The monoisotopic (exact) mass is 267 g/mol. The van der Waals surface area contributed by atoms with Crippen LogP contribution >= 0.6 is 11.6 Å². The van der Waals surface area contributed by atoms with E-state index in [2.05, 4.69) is 17.4 Å². The Morgan fingerprint density at radius 1 is 1.11 bits per heavy atom. The maximum Gasteiger partial charge on any atom is 0.0434 e. The maximum atomic E-state index is 8.75. The second-order valence-electron chi connectivity index (χ2n) is 5.15. The highest BCUT2D eigenvalue weighted by Gasteiger charge is 2.37. The average Bonchev–Trinajstić information content (AvgIpc) is 2.33. The van der Waals surface area contributed by atoms with Crippen molar-refractivity contribution in [2.24, 2.45) is 0 Å². The molecule has 0 radical (unpaired) electrons. The minimum absolute atomic E-state index is 0.184. The first kappa shape index (κ1) is 13.9. The molecule has 0 bridgehead atoms. The number of aliphatic hydroxyl groups is 1. The molecule has 2 nitrogen and oxygen atoms in total. The second-order valence-corrected chi connectivity index (χ2v) is 5.59. The lowest BCUT2D eigenvalue weighted by Gasteiger charge is -2.43. The summed E-state index contributed by atoms with van der Waals surface area (Å²) < 4.78 is 0. The molecule has 0 heterocycles. The summed E-state index contributed by atoms with van der Waals surface area (Å²) in [6, 6.07) is 8.24. The summed E-state index contributed by atoms with van der Waals surface area (Å²) in [6.45, 7) is 1.34. The quantitative estimate of drug-likeness (QED) is 0.742.